The summed E-state index contributed by atoms with van der Waals surface area (Å²) < 4.78 is 22.3. The van der Waals surface area contributed by atoms with Gasteiger partial charge in [-0.2, -0.15) is 0 Å². The Morgan fingerprint density at radius 2 is 2.09 bits per heavy atom. The van der Waals surface area contributed by atoms with Crippen LogP contribution < -0.4 is 10.6 Å². The first-order chi connectivity index (χ1) is 10.7. The lowest BCUT2D eigenvalue weighted by molar-refractivity contribution is 0.0733. The number of nitrogens with zero attached hydrogens (tertiary/aromatic N) is 1. The predicted molar refractivity (Wildman–Crippen MR) is 107 cm³/mol. The Kier molecular flexibility index (Phi) is 14.5. The summed E-state index contributed by atoms with van der Waals surface area (Å²) in [6.07, 6.45) is 4.29. The molecule has 138 valence electrons. The predicted octanol–water partition coefficient (Wildman–Crippen LogP) is 1.51. The van der Waals surface area contributed by atoms with E-state index in [9.17, 15) is 4.21 Å². The van der Waals surface area contributed by atoms with E-state index in [1.165, 1.54) is 0 Å². The van der Waals surface area contributed by atoms with Gasteiger partial charge >= 0.3 is 0 Å². The van der Waals surface area contributed by atoms with Crippen LogP contribution in [0.1, 0.15) is 32.6 Å². The lowest BCUT2D eigenvalue weighted by Gasteiger charge is -2.30. The molecule has 0 spiro atoms. The molecule has 0 aromatic heterocycles. The first kappa shape index (κ1) is 23.1. The van der Waals surface area contributed by atoms with Gasteiger partial charge in [-0.1, -0.05) is 13.3 Å². The molecule has 3 unspecified atom stereocenters. The van der Waals surface area contributed by atoms with Crippen molar-refractivity contribution < 1.29 is 13.7 Å². The highest BCUT2D eigenvalue weighted by Gasteiger charge is 2.25. The van der Waals surface area contributed by atoms with E-state index in [1.54, 1.807) is 14.2 Å². The second-order valence-electron chi connectivity index (χ2n) is 5.40. The van der Waals surface area contributed by atoms with Crippen molar-refractivity contribution in [3.63, 3.8) is 0 Å². The smallest absolute Gasteiger partial charge is 0.191 e. The van der Waals surface area contributed by atoms with Crippen molar-refractivity contribution in [2.75, 3.05) is 46.3 Å². The zero-order valence-electron chi connectivity index (χ0n) is 14.5. The Morgan fingerprint density at radius 3 is 2.74 bits per heavy atom. The number of methoxy groups -OCH3 is 1. The van der Waals surface area contributed by atoms with Crippen molar-refractivity contribution in [1.29, 1.82) is 0 Å². The van der Waals surface area contributed by atoms with Gasteiger partial charge in [0.2, 0.25) is 0 Å². The van der Waals surface area contributed by atoms with Crippen molar-refractivity contribution in [3.8, 4) is 0 Å². The first-order valence-corrected chi connectivity index (χ1v) is 9.50. The molecule has 0 aromatic rings. The Bertz CT molecular complexity index is 359. The molecule has 8 heteroatoms. The fourth-order valence-corrected chi connectivity index (χ4v) is 3.97. The van der Waals surface area contributed by atoms with E-state index in [2.05, 4.69) is 15.6 Å². The number of hydrogen-bond acceptors (Lipinski definition) is 4. The summed E-state index contributed by atoms with van der Waals surface area (Å²) in [7, 11) is 2.74. The van der Waals surface area contributed by atoms with Gasteiger partial charge in [-0.3, -0.25) is 9.20 Å². The SMILES string of the molecule is CCS(=O)C1CCCC(NC(=NC)NCCOCCOC)C1.I. The molecule has 1 aliphatic rings. The van der Waals surface area contributed by atoms with E-state index >= 15 is 0 Å². The highest BCUT2D eigenvalue weighted by Crippen LogP contribution is 2.22. The fraction of sp³-hybridized carbons (Fsp3) is 0.933. The molecule has 0 bridgehead atoms. The largest absolute Gasteiger partial charge is 0.382 e. The Hall–Kier alpha value is 0.0700. The normalized spacial score (nSPS) is 23.0. The van der Waals surface area contributed by atoms with Crippen molar-refractivity contribution in [2.45, 2.75) is 43.9 Å². The third-order valence-electron chi connectivity index (χ3n) is 3.82. The van der Waals surface area contributed by atoms with E-state index in [-0.39, 0.29) is 24.0 Å². The number of rotatable bonds is 9. The molecule has 0 radical (unpaired) electrons. The van der Waals surface area contributed by atoms with Crippen LogP contribution in [0.4, 0.5) is 0 Å². The molecule has 6 nitrogen and oxygen atoms in total. The van der Waals surface area contributed by atoms with E-state index in [0.717, 1.165) is 37.4 Å². The Balaban J connectivity index is 0.00000484. The van der Waals surface area contributed by atoms with Gasteiger partial charge in [0.25, 0.3) is 0 Å². The summed E-state index contributed by atoms with van der Waals surface area (Å²) in [4.78, 5) is 4.24. The molecule has 3 atom stereocenters. The summed E-state index contributed by atoms with van der Waals surface area (Å²) >= 11 is 0. The molecular weight excluding hydrogens is 429 g/mol. The van der Waals surface area contributed by atoms with Crippen LogP contribution in [0.15, 0.2) is 4.99 Å². The van der Waals surface area contributed by atoms with Gasteiger partial charge in [0.05, 0.1) is 19.8 Å². The maximum atomic E-state index is 12.0. The minimum atomic E-state index is -0.693. The molecule has 1 saturated carbocycles. The summed E-state index contributed by atoms with van der Waals surface area (Å²) in [5.41, 5.74) is 0. The second-order valence-corrected chi connectivity index (χ2v) is 7.41. The number of guanidine groups is 1. The van der Waals surface area contributed by atoms with Gasteiger partial charge < -0.3 is 20.1 Å². The molecule has 2 N–H and O–H groups in total. The van der Waals surface area contributed by atoms with Crippen LogP contribution in [0.25, 0.3) is 0 Å². The van der Waals surface area contributed by atoms with Crippen LogP contribution in [-0.2, 0) is 20.3 Å². The third-order valence-corrected chi connectivity index (χ3v) is 5.56. The number of ether oxygens (including phenoxy) is 2. The van der Waals surface area contributed by atoms with Gasteiger partial charge in [0.1, 0.15) is 0 Å². The van der Waals surface area contributed by atoms with Crippen molar-refractivity contribution in [2.24, 2.45) is 4.99 Å². The van der Waals surface area contributed by atoms with Crippen LogP contribution in [0.2, 0.25) is 0 Å². The summed E-state index contributed by atoms with van der Waals surface area (Å²) in [6.45, 7) is 4.55. The fourth-order valence-electron chi connectivity index (χ4n) is 2.62. The summed E-state index contributed by atoms with van der Waals surface area (Å²) in [5.74, 6) is 1.55. The highest BCUT2D eigenvalue weighted by atomic mass is 127. The molecule has 0 heterocycles. The van der Waals surface area contributed by atoms with Crippen molar-refractivity contribution in [3.05, 3.63) is 0 Å². The molecule has 23 heavy (non-hydrogen) atoms. The zero-order valence-corrected chi connectivity index (χ0v) is 17.7. The molecule has 1 aliphatic carbocycles. The number of nitrogens with one attached hydrogen (secondary N) is 2. The topological polar surface area (TPSA) is 72.0 Å². The molecular formula is C15H32IN3O3S. The molecule has 1 rings (SSSR count). The Labute approximate surface area is 160 Å². The van der Waals surface area contributed by atoms with Gasteiger partial charge in [0.15, 0.2) is 5.96 Å². The summed E-state index contributed by atoms with van der Waals surface area (Å²) in [6, 6.07) is 0.356. The van der Waals surface area contributed by atoms with Crippen LogP contribution in [0.5, 0.6) is 0 Å². The number of aliphatic imine (C=N–C) groups is 1. The molecule has 0 aliphatic heterocycles. The van der Waals surface area contributed by atoms with E-state index in [0.29, 0.717) is 37.7 Å². The average Bonchev–Trinajstić information content (AvgIpc) is 2.56. The van der Waals surface area contributed by atoms with Crippen LogP contribution in [0, 0.1) is 0 Å². The van der Waals surface area contributed by atoms with Crippen molar-refractivity contribution in [1.82, 2.24) is 10.6 Å². The molecule has 0 amide bonds. The molecule has 0 aromatic carbocycles. The minimum absolute atomic E-state index is 0. The van der Waals surface area contributed by atoms with E-state index < -0.39 is 10.8 Å². The van der Waals surface area contributed by atoms with Crippen molar-refractivity contribution >= 4 is 40.7 Å². The number of hydrogen-bond donors (Lipinski definition) is 2. The maximum Gasteiger partial charge on any atom is 0.191 e. The average molecular weight is 461 g/mol. The maximum absolute atomic E-state index is 12.0. The van der Waals surface area contributed by atoms with Crippen LogP contribution >= 0.6 is 24.0 Å². The minimum Gasteiger partial charge on any atom is -0.382 e. The molecule has 0 saturated heterocycles. The summed E-state index contributed by atoms with van der Waals surface area (Å²) in [5, 5.41) is 7.02. The molecule has 1 fully saturated rings. The van der Waals surface area contributed by atoms with E-state index in [1.807, 2.05) is 6.92 Å². The Morgan fingerprint density at radius 1 is 1.30 bits per heavy atom. The van der Waals surface area contributed by atoms with Crippen LogP contribution in [-0.4, -0.2) is 67.7 Å². The first-order valence-electron chi connectivity index (χ1n) is 8.12. The standard InChI is InChI=1S/C15H31N3O3S.HI/c1-4-22(19)14-7-5-6-13(12-14)18-15(16-2)17-8-9-21-11-10-20-3;/h13-14H,4-12H2,1-3H3,(H2,16,17,18);1H. The lowest BCUT2D eigenvalue weighted by atomic mass is 9.95. The van der Waals surface area contributed by atoms with E-state index in [4.69, 9.17) is 9.47 Å². The second kappa shape index (κ2) is 14.4. The lowest BCUT2D eigenvalue weighted by Crippen LogP contribution is -2.47. The van der Waals surface area contributed by atoms with Gasteiger partial charge in [-0.15, -0.1) is 24.0 Å². The quantitative estimate of drug-likeness (QED) is 0.236. The highest BCUT2D eigenvalue weighted by molar-refractivity contribution is 14.0. The van der Waals surface area contributed by atoms with Gasteiger partial charge in [0, 0.05) is 48.5 Å². The van der Waals surface area contributed by atoms with Gasteiger partial charge in [-0.25, -0.2) is 0 Å². The monoisotopic (exact) mass is 461 g/mol. The zero-order chi connectivity index (χ0) is 16.2. The van der Waals surface area contributed by atoms with Gasteiger partial charge in [-0.05, 0) is 19.3 Å². The van der Waals surface area contributed by atoms with Crippen LogP contribution in [0.3, 0.4) is 0 Å². The number of halogens is 1. The third kappa shape index (κ3) is 9.83.